The van der Waals surface area contributed by atoms with Crippen LogP contribution in [0.3, 0.4) is 0 Å². The summed E-state index contributed by atoms with van der Waals surface area (Å²) in [5.41, 5.74) is 18.4. The lowest BCUT2D eigenvalue weighted by Gasteiger charge is -2.32. The van der Waals surface area contributed by atoms with E-state index >= 15 is 0 Å². The molecule has 18 heteroatoms. The summed E-state index contributed by atoms with van der Waals surface area (Å²) < 4.78 is 0. The van der Waals surface area contributed by atoms with Crippen LogP contribution in [0.25, 0.3) is 11.1 Å². The van der Waals surface area contributed by atoms with Gasteiger partial charge in [0.2, 0.25) is 35.4 Å². The molecule has 0 aromatic heterocycles. The number of nitrogens with zero attached hydrogens (tertiary/aromatic N) is 4. The monoisotopic (exact) mass is 1040 g/mol. The summed E-state index contributed by atoms with van der Waals surface area (Å²) in [4.78, 5) is 113. The zero-order valence-electron chi connectivity index (χ0n) is 42.8. The second-order valence-electron chi connectivity index (χ2n) is 20.8. The quantitative estimate of drug-likeness (QED) is 0.0701. The first-order chi connectivity index (χ1) is 36.6. The molecule has 18 nitrogen and oxygen atoms in total. The standard InChI is InChI=1S/C58H70N8O10/c59-43(35-51(67)62-46(34-38-14-5-2-6-15-38)55(72)65-28-10-20-49(65)57(74)66-29-11-21-50(66)58(75)76)31-39-22-24-41(25-23-39)42-17-7-16-40(30-42)33-45(60)54(71)64-27-9-19-48(64)56(73)63-26-8-18-47(63)53(70)61-44(36-52(68)69)32-37-12-3-1-4-13-37/h1-7,12-17,22-25,30,43-50H,8-11,18-21,26-29,31-36,59-60H2,(H,61,70)(H,62,67)(H,68,69)(H,75,76)/t43-,44-,45?,46-,47-,48-,49-,50-/m0/s1. The minimum atomic E-state index is -1.06. The predicted molar refractivity (Wildman–Crippen MR) is 283 cm³/mol. The van der Waals surface area contributed by atoms with Gasteiger partial charge in [-0.3, -0.25) is 33.6 Å². The second-order valence-corrected chi connectivity index (χ2v) is 20.8. The Morgan fingerprint density at radius 3 is 1.61 bits per heavy atom. The summed E-state index contributed by atoms with van der Waals surface area (Å²) in [6, 6.07) is 27.7. The molecule has 4 aliphatic rings. The van der Waals surface area contributed by atoms with Gasteiger partial charge >= 0.3 is 11.9 Å². The average molecular weight is 1040 g/mol. The van der Waals surface area contributed by atoms with Crippen LogP contribution >= 0.6 is 0 Å². The number of hydrogen-bond donors (Lipinski definition) is 6. The van der Waals surface area contributed by atoms with Crippen LogP contribution < -0.4 is 22.1 Å². The van der Waals surface area contributed by atoms with Gasteiger partial charge in [0.1, 0.15) is 30.2 Å². The zero-order valence-corrected chi connectivity index (χ0v) is 42.8. The number of nitrogens with two attached hydrogens (primary N) is 2. The molecule has 4 fully saturated rings. The van der Waals surface area contributed by atoms with E-state index in [4.69, 9.17) is 11.5 Å². The summed E-state index contributed by atoms with van der Waals surface area (Å²) >= 11 is 0. The van der Waals surface area contributed by atoms with Crippen LogP contribution in [0.15, 0.2) is 109 Å². The highest BCUT2D eigenvalue weighted by molar-refractivity contribution is 5.95. The van der Waals surface area contributed by atoms with E-state index in [0.29, 0.717) is 90.4 Å². The van der Waals surface area contributed by atoms with Crippen molar-refractivity contribution in [3.8, 4) is 11.1 Å². The molecule has 76 heavy (non-hydrogen) atoms. The highest BCUT2D eigenvalue weighted by Gasteiger charge is 2.45. The first-order valence-electron chi connectivity index (χ1n) is 26.7. The molecule has 0 bridgehead atoms. The molecule has 0 radical (unpaired) electrons. The molecule has 6 amide bonds. The molecule has 402 valence electrons. The van der Waals surface area contributed by atoms with Crippen molar-refractivity contribution in [2.45, 2.75) is 138 Å². The maximum atomic E-state index is 14.2. The number of likely N-dealkylation sites (tertiary alicyclic amines) is 4. The van der Waals surface area contributed by atoms with Gasteiger partial charge in [0.25, 0.3) is 0 Å². The van der Waals surface area contributed by atoms with Gasteiger partial charge in [0.15, 0.2) is 0 Å². The summed E-state index contributed by atoms with van der Waals surface area (Å²) in [6.45, 7) is 1.36. The van der Waals surface area contributed by atoms with Crippen LogP contribution in [-0.2, 0) is 64.0 Å². The van der Waals surface area contributed by atoms with E-state index in [0.717, 1.165) is 33.4 Å². The van der Waals surface area contributed by atoms with Crippen molar-refractivity contribution in [2.75, 3.05) is 26.2 Å². The second kappa shape index (κ2) is 25.4. The lowest BCUT2D eigenvalue weighted by atomic mass is 9.97. The topological polar surface area (TPSA) is 266 Å². The number of amides is 6. The maximum absolute atomic E-state index is 14.2. The average Bonchev–Trinajstić information content (AvgIpc) is 4.27. The summed E-state index contributed by atoms with van der Waals surface area (Å²) in [5, 5.41) is 25.1. The Bertz CT molecular complexity index is 2730. The lowest BCUT2D eigenvalue weighted by Crippen LogP contribution is -2.56. The number of carboxylic acid groups (broad SMARTS) is 2. The summed E-state index contributed by atoms with van der Waals surface area (Å²) in [6.07, 6.45) is 4.83. The fourth-order valence-corrected chi connectivity index (χ4v) is 11.5. The Labute approximate surface area is 443 Å². The molecule has 8 rings (SSSR count). The summed E-state index contributed by atoms with van der Waals surface area (Å²) in [5.74, 6) is -4.32. The van der Waals surface area contributed by atoms with E-state index in [9.17, 15) is 48.6 Å². The Hall–Kier alpha value is -7.44. The van der Waals surface area contributed by atoms with Crippen molar-refractivity contribution in [1.29, 1.82) is 0 Å². The SMILES string of the molecule is NC(Cc1cccc(-c2ccc(C[C@H](N)CC(=O)N[C@@H](Cc3ccccc3)C(=O)N3CCC[C@H]3C(=O)N3CCC[C@H]3C(=O)O)cc2)c1)C(=O)N1CCC[C@H]1C(=O)N1CCC[C@H]1C(=O)N[C@H](CC(=O)O)Cc1ccccc1. The fourth-order valence-electron chi connectivity index (χ4n) is 11.5. The minimum Gasteiger partial charge on any atom is -0.481 e. The van der Waals surface area contributed by atoms with E-state index in [1.807, 2.05) is 109 Å². The molecular formula is C58H70N8O10. The molecule has 4 aromatic rings. The van der Waals surface area contributed by atoms with Crippen LogP contribution in [0.1, 0.15) is 86.5 Å². The van der Waals surface area contributed by atoms with E-state index < -0.39 is 78.0 Å². The van der Waals surface area contributed by atoms with E-state index in [1.165, 1.54) is 14.7 Å². The Morgan fingerprint density at radius 1 is 0.500 bits per heavy atom. The molecule has 0 aliphatic carbocycles. The third-order valence-electron chi connectivity index (χ3n) is 15.2. The van der Waals surface area contributed by atoms with Crippen molar-refractivity contribution >= 4 is 47.4 Å². The van der Waals surface area contributed by atoms with Crippen molar-refractivity contribution < 1.29 is 48.6 Å². The molecule has 4 aromatic carbocycles. The normalized spacial score (nSPS) is 20.9. The molecule has 1 unspecified atom stereocenters. The largest absolute Gasteiger partial charge is 0.481 e. The molecule has 0 saturated carbocycles. The van der Waals surface area contributed by atoms with Gasteiger partial charge in [-0.2, -0.15) is 0 Å². The minimum absolute atomic E-state index is 0.0633. The van der Waals surface area contributed by atoms with Gasteiger partial charge in [-0.1, -0.05) is 109 Å². The first-order valence-corrected chi connectivity index (χ1v) is 26.7. The Morgan fingerprint density at radius 2 is 1.01 bits per heavy atom. The zero-order chi connectivity index (χ0) is 53.9. The predicted octanol–water partition coefficient (Wildman–Crippen LogP) is 3.46. The number of rotatable bonds is 21. The highest BCUT2D eigenvalue weighted by atomic mass is 16.4. The number of carbonyl (C=O) groups excluding carboxylic acids is 6. The van der Waals surface area contributed by atoms with Crippen molar-refractivity contribution in [3.63, 3.8) is 0 Å². The molecule has 8 atom stereocenters. The van der Waals surface area contributed by atoms with Gasteiger partial charge < -0.3 is 51.9 Å². The fraction of sp³-hybridized carbons (Fsp3) is 0.448. The number of hydrogen-bond acceptors (Lipinski definition) is 10. The Balaban J connectivity index is 0.840. The molecule has 0 spiro atoms. The third-order valence-corrected chi connectivity index (χ3v) is 15.2. The van der Waals surface area contributed by atoms with E-state index in [1.54, 1.807) is 4.90 Å². The molecule has 4 aliphatic heterocycles. The lowest BCUT2D eigenvalue weighted by molar-refractivity contribution is -0.152. The molecule has 8 N–H and O–H groups in total. The van der Waals surface area contributed by atoms with Crippen LogP contribution in [0.4, 0.5) is 0 Å². The van der Waals surface area contributed by atoms with Crippen LogP contribution in [-0.4, -0.2) is 152 Å². The molecule has 4 heterocycles. The van der Waals surface area contributed by atoms with Gasteiger partial charge in [0, 0.05) is 51.1 Å². The number of benzene rings is 4. The van der Waals surface area contributed by atoms with Gasteiger partial charge in [-0.05, 0) is 104 Å². The van der Waals surface area contributed by atoms with Crippen molar-refractivity contribution in [2.24, 2.45) is 11.5 Å². The number of carboxylic acids is 2. The molecular weight excluding hydrogens is 969 g/mol. The maximum Gasteiger partial charge on any atom is 0.326 e. The van der Waals surface area contributed by atoms with Crippen molar-refractivity contribution in [1.82, 2.24) is 30.2 Å². The Kier molecular flexibility index (Phi) is 18.3. The first kappa shape index (κ1) is 54.8. The van der Waals surface area contributed by atoms with Gasteiger partial charge in [-0.25, -0.2) is 4.79 Å². The van der Waals surface area contributed by atoms with Crippen molar-refractivity contribution in [3.05, 3.63) is 131 Å². The van der Waals surface area contributed by atoms with Crippen LogP contribution in [0.5, 0.6) is 0 Å². The smallest absolute Gasteiger partial charge is 0.326 e. The number of aliphatic carboxylic acids is 2. The molecule has 4 saturated heterocycles. The number of carbonyl (C=O) groups is 8. The van der Waals surface area contributed by atoms with E-state index in [2.05, 4.69) is 10.6 Å². The summed E-state index contributed by atoms with van der Waals surface area (Å²) in [7, 11) is 0. The van der Waals surface area contributed by atoms with Crippen LogP contribution in [0, 0.1) is 0 Å². The van der Waals surface area contributed by atoms with E-state index in [-0.39, 0.29) is 43.4 Å². The third kappa shape index (κ3) is 13.7. The van der Waals surface area contributed by atoms with Gasteiger partial charge in [-0.15, -0.1) is 0 Å². The van der Waals surface area contributed by atoms with Gasteiger partial charge in [0.05, 0.1) is 12.5 Å². The number of nitrogens with one attached hydrogen (secondary N) is 2. The van der Waals surface area contributed by atoms with Crippen LogP contribution in [0.2, 0.25) is 0 Å². The highest BCUT2D eigenvalue weighted by Crippen LogP contribution is 2.29.